The number of aromatic amines is 1. The summed E-state index contributed by atoms with van der Waals surface area (Å²) < 4.78 is 0. The molecule has 0 amide bonds. The van der Waals surface area contributed by atoms with Crippen molar-refractivity contribution >= 4 is 23.0 Å². The van der Waals surface area contributed by atoms with E-state index in [-0.39, 0.29) is 0 Å². The molecule has 0 fully saturated rings. The van der Waals surface area contributed by atoms with Crippen LogP contribution >= 0.6 is 0 Å². The zero-order chi connectivity index (χ0) is 14.7. The number of carboxylic acid groups (broad SMARTS) is 1. The SMILES string of the molecule is O=C([O-])[C@H](Cc1ccccc1)Nc1ncnc2nc[nH]c12. The van der Waals surface area contributed by atoms with Crippen molar-refractivity contribution in [3.63, 3.8) is 0 Å². The number of carbonyl (C=O) groups is 1. The van der Waals surface area contributed by atoms with E-state index in [1.807, 2.05) is 30.3 Å². The molecule has 0 spiro atoms. The topological polar surface area (TPSA) is 107 Å². The van der Waals surface area contributed by atoms with Gasteiger partial charge in [-0.3, -0.25) is 0 Å². The lowest BCUT2D eigenvalue weighted by atomic mass is 10.1. The second kappa shape index (κ2) is 5.58. The Hall–Kier alpha value is -2.96. The van der Waals surface area contributed by atoms with Crippen LogP contribution in [0.15, 0.2) is 43.0 Å². The highest BCUT2D eigenvalue weighted by atomic mass is 16.4. The first-order valence-electron chi connectivity index (χ1n) is 6.39. The molecule has 0 unspecified atom stereocenters. The minimum Gasteiger partial charge on any atom is -0.548 e. The maximum atomic E-state index is 11.3. The van der Waals surface area contributed by atoms with Gasteiger partial charge in [0.05, 0.1) is 18.3 Å². The molecule has 2 aromatic heterocycles. The average molecular weight is 282 g/mol. The predicted octanol–water partition coefficient (Wildman–Crippen LogP) is 0.126. The summed E-state index contributed by atoms with van der Waals surface area (Å²) in [5.41, 5.74) is 1.94. The number of nitrogens with one attached hydrogen (secondary N) is 2. The Morgan fingerprint density at radius 3 is 2.81 bits per heavy atom. The number of anilines is 1. The number of H-pyrrole nitrogens is 1. The molecule has 3 aromatic rings. The van der Waals surface area contributed by atoms with Crippen LogP contribution in [0.2, 0.25) is 0 Å². The molecule has 1 atom stereocenters. The van der Waals surface area contributed by atoms with Gasteiger partial charge in [-0.05, 0) is 12.0 Å². The van der Waals surface area contributed by atoms with Gasteiger partial charge in [-0.2, -0.15) is 0 Å². The molecule has 0 radical (unpaired) electrons. The van der Waals surface area contributed by atoms with Crippen molar-refractivity contribution in [3.05, 3.63) is 48.5 Å². The van der Waals surface area contributed by atoms with Crippen molar-refractivity contribution in [2.24, 2.45) is 0 Å². The molecule has 0 bridgehead atoms. The largest absolute Gasteiger partial charge is 0.548 e. The average Bonchev–Trinajstić information content (AvgIpc) is 2.97. The lowest BCUT2D eigenvalue weighted by Gasteiger charge is -2.20. The van der Waals surface area contributed by atoms with Crippen molar-refractivity contribution in [1.82, 2.24) is 19.9 Å². The molecule has 0 saturated carbocycles. The molecular weight excluding hydrogens is 270 g/mol. The Balaban J connectivity index is 1.85. The molecule has 0 aliphatic heterocycles. The summed E-state index contributed by atoms with van der Waals surface area (Å²) in [6.07, 6.45) is 3.11. The number of aliphatic carboxylic acids is 1. The molecule has 7 heteroatoms. The first-order valence-corrected chi connectivity index (χ1v) is 6.39. The van der Waals surface area contributed by atoms with Gasteiger partial charge >= 0.3 is 0 Å². The van der Waals surface area contributed by atoms with Crippen LogP contribution in [0.5, 0.6) is 0 Å². The van der Waals surface area contributed by atoms with E-state index < -0.39 is 12.0 Å². The second-order valence-corrected chi connectivity index (χ2v) is 4.53. The summed E-state index contributed by atoms with van der Waals surface area (Å²) >= 11 is 0. The van der Waals surface area contributed by atoms with Crippen LogP contribution in [0.4, 0.5) is 5.82 Å². The number of imidazole rings is 1. The number of fused-ring (bicyclic) bond motifs is 1. The van der Waals surface area contributed by atoms with Crippen molar-refractivity contribution in [1.29, 1.82) is 0 Å². The van der Waals surface area contributed by atoms with E-state index in [2.05, 4.69) is 25.3 Å². The van der Waals surface area contributed by atoms with Crippen molar-refractivity contribution in [3.8, 4) is 0 Å². The van der Waals surface area contributed by atoms with Crippen LogP contribution < -0.4 is 10.4 Å². The first-order chi connectivity index (χ1) is 10.2. The van der Waals surface area contributed by atoms with E-state index in [9.17, 15) is 9.90 Å². The van der Waals surface area contributed by atoms with Gasteiger partial charge in [-0.1, -0.05) is 30.3 Å². The second-order valence-electron chi connectivity index (χ2n) is 4.53. The number of hydrogen-bond acceptors (Lipinski definition) is 6. The summed E-state index contributed by atoms with van der Waals surface area (Å²) in [6, 6.07) is 8.43. The van der Waals surface area contributed by atoms with E-state index in [1.165, 1.54) is 12.7 Å². The lowest BCUT2D eigenvalue weighted by Crippen LogP contribution is -2.42. The molecule has 3 rings (SSSR count). The number of carboxylic acids is 1. The third kappa shape index (κ3) is 2.81. The number of benzene rings is 1. The molecule has 106 valence electrons. The minimum atomic E-state index is -1.19. The minimum absolute atomic E-state index is 0.294. The van der Waals surface area contributed by atoms with E-state index >= 15 is 0 Å². The fraction of sp³-hybridized carbons (Fsp3) is 0.143. The predicted molar refractivity (Wildman–Crippen MR) is 74.2 cm³/mol. The quantitative estimate of drug-likeness (QED) is 0.688. The van der Waals surface area contributed by atoms with Gasteiger partial charge in [0.25, 0.3) is 0 Å². The Bertz CT molecular complexity index is 756. The summed E-state index contributed by atoms with van der Waals surface area (Å²) in [6.45, 7) is 0. The molecule has 1 aromatic carbocycles. The summed E-state index contributed by atoms with van der Waals surface area (Å²) in [4.78, 5) is 26.3. The van der Waals surface area contributed by atoms with Crippen LogP contribution in [0.3, 0.4) is 0 Å². The van der Waals surface area contributed by atoms with Crippen molar-refractivity contribution < 1.29 is 9.90 Å². The third-order valence-corrected chi connectivity index (χ3v) is 3.10. The van der Waals surface area contributed by atoms with E-state index in [1.54, 1.807) is 0 Å². The summed E-state index contributed by atoms with van der Waals surface area (Å²) in [5, 5.41) is 14.2. The van der Waals surface area contributed by atoms with Crippen LogP contribution in [-0.2, 0) is 11.2 Å². The maximum Gasteiger partial charge on any atom is 0.182 e. The smallest absolute Gasteiger partial charge is 0.182 e. The van der Waals surface area contributed by atoms with Gasteiger partial charge < -0.3 is 20.2 Å². The van der Waals surface area contributed by atoms with Gasteiger partial charge in [0.2, 0.25) is 0 Å². The van der Waals surface area contributed by atoms with Crippen LogP contribution in [0.1, 0.15) is 5.56 Å². The van der Waals surface area contributed by atoms with Gasteiger partial charge in [0, 0.05) is 0 Å². The van der Waals surface area contributed by atoms with Crippen LogP contribution in [0, 0.1) is 0 Å². The Morgan fingerprint density at radius 2 is 2.05 bits per heavy atom. The first kappa shape index (κ1) is 13.0. The monoisotopic (exact) mass is 282 g/mol. The molecular formula is C14H12N5O2-. The molecule has 0 saturated heterocycles. The van der Waals surface area contributed by atoms with Crippen molar-refractivity contribution in [2.75, 3.05) is 5.32 Å². The molecule has 2 heterocycles. The number of hydrogen-bond donors (Lipinski definition) is 2. The number of aromatic nitrogens is 4. The number of nitrogens with zero attached hydrogens (tertiary/aromatic N) is 3. The molecule has 0 aliphatic rings. The molecule has 7 nitrogen and oxygen atoms in total. The van der Waals surface area contributed by atoms with Gasteiger partial charge in [-0.15, -0.1) is 0 Å². The zero-order valence-corrected chi connectivity index (χ0v) is 11.0. The highest BCUT2D eigenvalue weighted by Crippen LogP contribution is 2.16. The summed E-state index contributed by atoms with van der Waals surface area (Å²) in [7, 11) is 0. The molecule has 21 heavy (non-hydrogen) atoms. The Labute approximate surface area is 120 Å². The summed E-state index contributed by atoms with van der Waals surface area (Å²) in [5.74, 6) is -0.798. The van der Waals surface area contributed by atoms with Gasteiger partial charge in [0.1, 0.15) is 11.8 Å². The fourth-order valence-electron chi connectivity index (χ4n) is 2.08. The highest BCUT2D eigenvalue weighted by molar-refractivity contribution is 5.85. The van der Waals surface area contributed by atoms with Gasteiger partial charge in [-0.25, -0.2) is 15.0 Å². The number of carbonyl (C=O) groups excluding carboxylic acids is 1. The van der Waals surface area contributed by atoms with E-state index in [0.29, 0.717) is 23.4 Å². The number of rotatable bonds is 5. The molecule has 2 N–H and O–H groups in total. The molecule has 0 aliphatic carbocycles. The van der Waals surface area contributed by atoms with Crippen LogP contribution in [-0.4, -0.2) is 31.9 Å². The van der Waals surface area contributed by atoms with Crippen LogP contribution in [0.25, 0.3) is 11.2 Å². The Morgan fingerprint density at radius 1 is 1.24 bits per heavy atom. The van der Waals surface area contributed by atoms with Crippen molar-refractivity contribution in [2.45, 2.75) is 12.5 Å². The Kier molecular flexibility index (Phi) is 3.46. The third-order valence-electron chi connectivity index (χ3n) is 3.10. The zero-order valence-electron chi connectivity index (χ0n) is 11.0. The maximum absolute atomic E-state index is 11.3. The highest BCUT2D eigenvalue weighted by Gasteiger charge is 2.14. The van der Waals surface area contributed by atoms with E-state index in [4.69, 9.17) is 0 Å². The fourth-order valence-corrected chi connectivity index (χ4v) is 2.08. The normalized spacial score (nSPS) is 12.2. The lowest BCUT2D eigenvalue weighted by molar-refractivity contribution is -0.306. The van der Waals surface area contributed by atoms with E-state index in [0.717, 1.165) is 5.56 Å². The van der Waals surface area contributed by atoms with Gasteiger partial charge in [0.15, 0.2) is 11.5 Å². The standard InChI is InChI=1S/C14H13N5O2/c20-14(21)10(6-9-4-2-1-3-5-9)19-13-11-12(16-7-15-11)17-8-18-13/h1-5,7-8,10H,6H2,(H,20,21)(H2,15,16,17,18,19)/p-1/t10-/m0/s1.